The zero-order chi connectivity index (χ0) is 34.7. The average molecular weight is 665 g/mol. The van der Waals surface area contributed by atoms with E-state index < -0.39 is 83.6 Å². The third-order valence-electron chi connectivity index (χ3n) is 15.2. The molecule has 11 heteroatoms. The Balaban J connectivity index is 1.36. The first-order chi connectivity index (χ1) is 21.7. The van der Waals surface area contributed by atoms with Gasteiger partial charge in [-0.15, -0.1) is 0 Å². The fourth-order valence-corrected chi connectivity index (χ4v) is 12.2. The van der Waals surface area contributed by atoms with Gasteiger partial charge < -0.3 is 45.2 Å². The number of carboxylic acids is 2. The zero-order valence-corrected chi connectivity index (χ0v) is 28.7. The van der Waals surface area contributed by atoms with E-state index in [9.17, 15) is 45.3 Å². The highest BCUT2D eigenvalue weighted by molar-refractivity contribution is 5.77. The summed E-state index contributed by atoms with van der Waals surface area (Å²) >= 11 is 0. The first-order valence-corrected chi connectivity index (χ1v) is 17.5. The monoisotopic (exact) mass is 664 g/mol. The van der Waals surface area contributed by atoms with E-state index in [2.05, 4.69) is 40.7 Å². The minimum absolute atomic E-state index is 0.0120. The Morgan fingerprint density at radius 2 is 1.51 bits per heavy atom. The van der Waals surface area contributed by atoms with Crippen LogP contribution in [0.5, 0.6) is 0 Å². The molecule has 7 N–H and O–H groups in total. The second-order valence-electron chi connectivity index (χ2n) is 17.8. The normalized spacial score (nSPS) is 53.8. The number of aliphatic carboxylic acids is 2. The van der Waals surface area contributed by atoms with Crippen LogP contribution < -0.4 is 0 Å². The molecule has 5 fully saturated rings. The highest BCUT2D eigenvalue weighted by Crippen LogP contribution is 2.76. The summed E-state index contributed by atoms with van der Waals surface area (Å²) in [5.74, 6) is -2.29. The molecule has 0 aromatic heterocycles. The highest BCUT2D eigenvalue weighted by atomic mass is 16.7. The second kappa shape index (κ2) is 11.2. The Morgan fingerprint density at radius 3 is 2.13 bits per heavy atom. The lowest BCUT2D eigenvalue weighted by molar-refractivity contribution is -0.340. The molecule has 4 saturated carbocycles. The smallest absolute Gasteiger partial charge is 0.312 e. The van der Waals surface area contributed by atoms with E-state index in [4.69, 9.17) is 9.47 Å². The first-order valence-electron chi connectivity index (χ1n) is 17.5. The van der Waals surface area contributed by atoms with Gasteiger partial charge in [-0.05, 0) is 104 Å². The minimum Gasteiger partial charge on any atom is -0.481 e. The van der Waals surface area contributed by atoms with Gasteiger partial charge in [0.2, 0.25) is 0 Å². The van der Waals surface area contributed by atoms with Crippen LogP contribution in [0.15, 0.2) is 11.6 Å². The summed E-state index contributed by atoms with van der Waals surface area (Å²) in [7, 11) is 0. The Hall–Kier alpha value is -1.60. The number of aliphatic hydroxyl groups excluding tert-OH is 5. The number of aliphatic hydroxyl groups is 5. The molecule has 11 nitrogen and oxygen atoms in total. The number of hydrogen-bond donors (Lipinski definition) is 7. The fraction of sp³-hybridized carbons (Fsp3) is 0.889. The van der Waals surface area contributed by atoms with Crippen molar-refractivity contribution in [1.29, 1.82) is 0 Å². The minimum atomic E-state index is -1.73. The number of ether oxygens (including phenoxy) is 2. The van der Waals surface area contributed by atoms with Gasteiger partial charge in [0.15, 0.2) is 6.29 Å². The van der Waals surface area contributed by atoms with Gasteiger partial charge in [0.25, 0.3) is 0 Å². The third-order valence-corrected chi connectivity index (χ3v) is 15.2. The molecule has 6 aliphatic rings. The lowest BCUT2D eigenvalue weighted by Crippen LogP contribution is -2.70. The van der Waals surface area contributed by atoms with E-state index >= 15 is 0 Å². The number of hydrogen-bond acceptors (Lipinski definition) is 9. The number of rotatable bonds is 5. The first kappa shape index (κ1) is 35.2. The van der Waals surface area contributed by atoms with Gasteiger partial charge in [0.1, 0.15) is 30.5 Å². The van der Waals surface area contributed by atoms with Crippen molar-refractivity contribution in [2.24, 2.45) is 50.2 Å². The molecular formula is C36H56O11. The van der Waals surface area contributed by atoms with Crippen LogP contribution in [0.3, 0.4) is 0 Å². The molecule has 15 atom stereocenters. The maximum absolute atomic E-state index is 13.3. The van der Waals surface area contributed by atoms with Gasteiger partial charge in [-0.1, -0.05) is 46.3 Å². The number of fused-ring (bicyclic) bond motifs is 7. The van der Waals surface area contributed by atoms with Crippen molar-refractivity contribution in [3.05, 3.63) is 11.6 Å². The van der Waals surface area contributed by atoms with Gasteiger partial charge in [0.05, 0.1) is 23.5 Å². The van der Waals surface area contributed by atoms with Gasteiger partial charge in [-0.2, -0.15) is 0 Å². The van der Waals surface area contributed by atoms with Crippen LogP contribution in [0.4, 0.5) is 0 Å². The van der Waals surface area contributed by atoms with Crippen LogP contribution in [0.25, 0.3) is 0 Å². The molecule has 1 saturated heterocycles. The van der Waals surface area contributed by atoms with Gasteiger partial charge in [-0.3, -0.25) is 9.59 Å². The summed E-state index contributed by atoms with van der Waals surface area (Å²) in [6.07, 6.45) is -2.13. The summed E-state index contributed by atoms with van der Waals surface area (Å²) in [6, 6.07) is 0. The van der Waals surface area contributed by atoms with E-state index in [1.165, 1.54) is 5.57 Å². The van der Waals surface area contributed by atoms with Crippen molar-refractivity contribution >= 4 is 11.9 Å². The Bertz CT molecular complexity index is 1310. The van der Waals surface area contributed by atoms with Crippen molar-refractivity contribution in [1.82, 2.24) is 0 Å². The predicted octanol–water partition coefficient (Wildman–Crippen LogP) is 3.09. The molecule has 0 aromatic carbocycles. The SMILES string of the molecule is CC1(C)CC[C@]2(C(=O)O)CC[C@]3(C)C(=CCC4[C@@]5(C)C[C@H](O)[C@H](OC6OC(CO)C(O)C(O)C6O)[C@@](C)(C(=O)O)C5CC[C@]43C)C2C1. The summed E-state index contributed by atoms with van der Waals surface area (Å²) in [5.41, 5.74) is -2.22. The molecule has 1 heterocycles. The van der Waals surface area contributed by atoms with Crippen LogP contribution in [0, 0.1) is 50.2 Å². The second-order valence-corrected chi connectivity index (χ2v) is 17.8. The zero-order valence-electron chi connectivity index (χ0n) is 28.7. The molecule has 266 valence electrons. The third kappa shape index (κ3) is 4.69. The van der Waals surface area contributed by atoms with Gasteiger partial charge in [0, 0.05) is 0 Å². The Labute approximate surface area is 277 Å². The van der Waals surface area contributed by atoms with Gasteiger partial charge in [-0.25, -0.2) is 0 Å². The molecule has 0 aromatic rings. The van der Waals surface area contributed by atoms with Crippen LogP contribution in [-0.2, 0) is 19.1 Å². The van der Waals surface area contributed by atoms with Crippen LogP contribution in [0.1, 0.15) is 99.3 Å². The van der Waals surface area contributed by atoms with E-state index in [1.807, 2.05) is 0 Å². The lowest BCUT2D eigenvalue weighted by Gasteiger charge is -2.71. The summed E-state index contributed by atoms with van der Waals surface area (Å²) < 4.78 is 11.7. The van der Waals surface area contributed by atoms with Gasteiger partial charge >= 0.3 is 11.9 Å². The van der Waals surface area contributed by atoms with Crippen LogP contribution in [0.2, 0.25) is 0 Å². The summed E-state index contributed by atoms with van der Waals surface area (Å²) in [6.45, 7) is 12.1. The molecule has 1 aliphatic heterocycles. The molecule has 0 bridgehead atoms. The molecular weight excluding hydrogens is 608 g/mol. The molecule has 0 radical (unpaired) electrons. The maximum Gasteiger partial charge on any atom is 0.312 e. The van der Waals surface area contributed by atoms with Crippen molar-refractivity contribution in [2.45, 2.75) is 142 Å². The van der Waals surface area contributed by atoms with Crippen LogP contribution in [-0.4, -0.2) is 97.2 Å². The fourth-order valence-electron chi connectivity index (χ4n) is 12.2. The van der Waals surface area contributed by atoms with E-state index in [1.54, 1.807) is 6.92 Å². The van der Waals surface area contributed by atoms with Crippen molar-refractivity contribution < 1.29 is 54.8 Å². The Morgan fingerprint density at radius 1 is 0.851 bits per heavy atom. The molecule has 8 unspecified atom stereocenters. The topological polar surface area (TPSA) is 194 Å². The number of carbonyl (C=O) groups is 2. The lowest BCUT2D eigenvalue weighted by atomic mass is 9.33. The summed E-state index contributed by atoms with van der Waals surface area (Å²) in [5, 5.41) is 74.4. The van der Waals surface area contributed by atoms with E-state index in [0.29, 0.717) is 25.7 Å². The number of allylic oxidation sites excluding steroid dienone is 2. The highest BCUT2D eigenvalue weighted by Gasteiger charge is 2.72. The molecule has 5 aliphatic carbocycles. The van der Waals surface area contributed by atoms with Crippen LogP contribution >= 0.6 is 0 Å². The predicted molar refractivity (Wildman–Crippen MR) is 169 cm³/mol. The number of carboxylic acid groups (broad SMARTS) is 2. The van der Waals surface area contributed by atoms with Crippen molar-refractivity contribution in [2.75, 3.05) is 6.61 Å². The largest absolute Gasteiger partial charge is 0.481 e. The molecule has 0 amide bonds. The van der Waals surface area contributed by atoms with E-state index in [0.717, 1.165) is 25.7 Å². The molecule has 0 spiro atoms. The quantitative estimate of drug-likeness (QED) is 0.169. The molecule has 47 heavy (non-hydrogen) atoms. The standard InChI is InChI=1S/C36H56O11/c1-31(2)11-13-36(30(44)45)14-12-33(4)18(19(36)15-31)7-8-22-32(3)16-20(38)27(35(6,29(42)43)23(32)9-10-34(22,33)5)47-28-26(41)25(40)24(39)21(17-37)46-28/h7,19-28,37-41H,8-17H2,1-6H3,(H,42,43)(H,44,45)/t19?,20-,21?,22?,23?,24?,25?,26?,27-,28?,32+,33+,34+,35-,36-/m0/s1. The maximum atomic E-state index is 13.3. The Kier molecular flexibility index (Phi) is 8.40. The summed E-state index contributed by atoms with van der Waals surface area (Å²) in [4.78, 5) is 26.3. The van der Waals surface area contributed by atoms with E-state index in [-0.39, 0.29) is 34.5 Å². The average Bonchev–Trinajstić information content (AvgIpc) is 2.98. The van der Waals surface area contributed by atoms with Crippen molar-refractivity contribution in [3.8, 4) is 0 Å². The van der Waals surface area contributed by atoms with Crippen molar-refractivity contribution in [3.63, 3.8) is 0 Å². The molecule has 6 rings (SSSR count).